The first-order valence-corrected chi connectivity index (χ1v) is 8.23. The Balaban J connectivity index is 2.17. The van der Waals surface area contributed by atoms with Crippen molar-refractivity contribution < 1.29 is 19.1 Å². The number of anilines is 2. The van der Waals surface area contributed by atoms with Crippen LogP contribution in [0, 0.1) is 5.92 Å². The molecule has 0 fully saturated rings. The van der Waals surface area contributed by atoms with Gasteiger partial charge in [-0.1, -0.05) is 13.8 Å². The maximum atomic E-state index is 12.2. The van der Waals surface area contributed by atoms with E-state index in [1.165, 1.54) is 0 Å². The number of hydrogen-bond donors (Lipinski definition) is 1. The molecule has 0 atom stereocenters. The number of rotatable bonds is 4. The highest BCUT2D eigenvalue weighted by atomic mass is 16.6. The van der Waals surface area contributed by atoms with Crippen LogP contribution in [0.3, 0.4) is 0 Å². The van der Waals surface area contributed by atoms with E-state index in [9.17, 15) is 9.59 Å². The van der Waals surface area contributed by atoms with Crippen LogP contribution in [0.15, 0.2) is 18.2 Å². The van der Waals surface area contributed by atoms with Crippen LogP contribution in [0.1, 0.15) is 41.0 Å². The monoisotopic (exact) mass is 334 g/mol. The predicted molar refractivity (Wildman–Crippen MR) is 93.6 cm³/mol. The van der Waals surface area contributed by atoms with Crippen molar-refractivity contribution in [3.05, 3.63) is 18.2 Å². The summed E-state index contributed by atoms with van der Waals surface area (Å²) in [6, 6.07) is 5.24. The average Bonchev–Trinajstić information content (AvgIpc) is 2.43. The van der Waals surface area contributed by atoms with Crippen molar-refractivity contribution in [2.75, 3.05) is 23.4 Å². The Morgan fingerprint density at radius 3 is 2.71 bits per heavy atom. The maximum absolute atomic E-state index is 12.2. The number of carbonyl (C=O) groups is 2. The molecule has 6 nitrogen and oxygen atoms in total. The summed E-state index contributed by atoms with van der Waals surface area (Å²) in [5.74, 6) is 1.07. The van der Waals surface area contributed by atoms with Gasteiger partial charge in [-0.2, -0.15) is 0 Å². The zero-order chi connectivity index (χ0) is 17.9. The molecule has 24 heavy (non-hydrogen) atoms. The molecule has 1 aliphatic heterocycles. The molecule has 0 saturated carbocycles. The number of nitrogens with one attached hydrogen (secondary N) is 1. The lowest BCUT2D eigenvalue weighted by Gasteiger charge is -2.30. The summed E-state index contributed by atoms with van der Waals surface area (Å²) in [6.07, 6.45) is 0.369. The number of benzene rings is 1. The first-order chi connectivity index (χ1) is 11.2. The van der Waals surface area contributed by atoms with Crippen LogP contribution in [0.4, 0.5) is 16.2 Å². The molecule has 132 valence electrons. The van der Waals surface area contributed by atoms with Gasteiger partial charge in [0, 0.05) is 12.2 Å². The third-order valence-corrected chi connectivity index (χ3v) is 3.48. The molecular formula is C18H26N2O4. The van der Waals surface area contributed by atoms with E-state index in [-0.39, 0.29) is 12.5 Å². The van der Waals surface area contributed by atoms with E-state index in [1.807, 2.05) is 0 Å². The van der Waals surface area contributed by atoms with Crippen LogP contribution in [0.2, 0.25) is 0 Å². The molecule has 1 N–H and O–H groups in total. The molecule has 0 aromatic heterocycles. The van der Waals surface area contributed by atoms with Crippen molar-refractivity contribution in [1.82, 2.24) is 0 Å². The minimum absolute atomic E-state index is 0.0456. The van der Waals surface area contributed by atoms with Crippen LogP contribution < -0.4 is 15.0 Å². The number of nitrogens with zero attached hydrogens (tertiary/aromatic N) is 1. The molecule has 0 unspecified atom stereocenters. The van der Waals surface area contributed by atoms with Crippen molar-refractivity contribution in [3.63, 3.8) is 0 Å². The Morgan fingerprint density at radius 2 is 2.08 bits per heavy atom. The van der Waals surface area contributed by atoms with Crippen LogP contribution >= 0.6 is 0 Å². The Labute approximate surface area is 143 Å². The number of carbonyl (C=O) groups excluding carboxylic acids is 2. The standard InChI is InChI=1S/C18H26N2O4/c1-12(2)8-9-20-14-10-13(19-17(22)24-18(3,4)5)6-7-15(14)23-11-16(20)21/h6-7,10,12H,8-9,11H2,1-5H3,(H,19,22). The average molecular weight is 334 g/mol. The van der Waals surface area contributed by atoms with E-state index in [4.69, 9.17) is 9.47 Å². The number of ether oxygens (including phenoxy) is 2. The van der Waals surface area contributed by atoms with Crippen LogP contribution in [0.5, 0.6) is 5.75 Å². The fraction of sp³-hybridized carbons (Fsp3) is 0.556. The molecule has 1 heterocycles. The Hall–Kier alpha value is -2.24. The summed E-state index contributed by atoms with van der Waals surface area (Å²) in [6.45, 7) is 10.3. The van der Waals surface area contributed by atoms with Gasteiger partial charge in [-0.25, -0.2) is 4.79 Å². The van der Waals surface area contributed by atoms with Gasteiger partial charge >= 0.3 is 6.09 Å². The van der Waals surface area contributed by atoms with Gasteiger partial charge in [0.2, 0.25) is 0 Å². The molecule has 0 radical (unpaired) electrons. The molecule has 0 spiro atoms. The van der Waals surface area contributed by atoms with Gasteiger partial charge in [-0.05, 0) is 51.3 Å². The van der Waals surface area contributed by atoms with Crippen LogP contribution in [-0.2, 0) is 9.53 Å². The van der Waals surface area contributed by atoms with E-state index < -0.39 is 11.7 Å². The predicted octanol–water partition coefficient (Wildman–Crippen LogP) is 3.81. The van der Waals surface area contributed by atoms with E-state index in [2.05, 4.69) is 19.2 Å². The van der Waals surface area contributed by atoms with Gasteiger partial charge in [0.05, 0.1) is 5.69 Å². The van der Waals surface area contributed by atoms with Gasteiger partial charge in [0.25, 0.3) is 5.91 Å². The van der Waals surface area contributed by atoms with Gasteiger partial charge in [-0.15, -0.1) is 0 Å². The second-order valence-electron chi connectivity index (χ2n) is 7.33. The fourth-order valence-corrected chi connectivity index (χ4v) is 2.33. The quantitative estimate of drug-likeness (QED) is 0.909. The van der Waals surface area contributed by atoms with E-state index in [0.29, 0.717) is 29.6 Å². The molecule has 1 aliphatic rings. The normalized spacial score (nSPS) is 14.2. The molecule has 1 aromatic carbocycles. The van der Waals surface area contributed by atoms with Crippen molar-refractivity contribution in [1.29, 1.82) is 0 Å². The lowest BCUT2D eigenvalue weighted by molar-refractivity contribution is -0.121. The largest absolute Gasteiger partial charge is 0.482 e. The molecule has 0 bridgehead atoms. The number of fused-ring (bicyclic) bond motifs is 1. The van der Waals surface area contributed by atoms with Gasteiger partial charge in [0.15, 0.2) is 6.61 Å². The van der Waals surface area contributed by atoms with Crippen LogP contribution in [0.25, 0.3) is 0 Å². The SMILES string of the molecule is CC(C)CCN1C(=O)COc2ccc(NC(=O)OC(C)(C)C)cc21. The first-order valence-electron chi connectivity index (χ1n) is 8.23. The third kappa shape index (κ3) is 4.88. The highest BCUT2D eigenvalue weighted by Crippen LogP contribution is 2.35. The van der Waals surface area contributed by atoms with Gasteiger partial charge in [-0.3, -0.25) is 10.1 Å². The molecule has 2 amide bonds. The summed E-state index contributed by atoms with van der Waals surface area (Å²) in [4.78, 5) is 25.8. The molecule has 2 rings (SSSR count). The van der Waals surface area contributed by atoms with Gasteiger partial charge < -0.3 is 14.4 Å². The number of hydrogen-bond acceptors (Lipinski definition) is 4. The van der Waals surface area contributed by atoms with E-state index >= 15 is 0 Å². The summed E-state index contributed by atoms with van der Waals surface area (Å²) < 4.78 is 10.7. The third-order valence-electron chi connectivity index (χ3n) is 3.48. The topological polar surface area (TPSA) is 67.9 Å². The van der Waals surface area contributed by atoms with Crippen LogP contribution in [-0.4, -0.2) is 30.8 Å². The second kappa shape index (κ2) is 7.11. The zero-order valence-electron chi connectivity index (χ0n) is 15.0. The smallest absolute Gasteiger partial charge is 0.412 e. The maximum Gasteiger partial charge on any atom is 0.412 e. The Morgan fingerprint density at radius 1 is 1.38 bits per heavy atom. The summed E-state index contributed by atoms with van der Waals surface area (Å²) >= 11 is 0. The first kappa shape index (κ1) is 18.1. The lowest BCUT2D eigenvalue weighted by Crippen LogP contribution is -2.39. The molecule has 1 aromatic rings. The molecule has 6 heteroatoms. The summed E-state index contributed by atoms with van der Waals surface area (Å²) in [7, 11) is 0. The molecule has 0 aliphatic carbocycles. The van der Waals surface area contributed by atoms with Crippen molar-refractivity contribution >= 4 is 23.4 Å². The summed E-state index contributed by atoms with van der Waals surface area (Å²) in [5, 5.41) is 2.69. The van der Waals surface area contributed by atoms with E-state index in [0.717, 1.165) is 6.42 Å². The van der Waals surface area contributed by atoms with Gasteiger partial charge in [0.1, 0.15) is 11.4 Å². The van der Waals surface area contributed by atoms with Crippen molar-refractivity contribution in [2.24, 2.45) is 5.92 Å². The van der Waals surface area contributed by atoms with E-state index in [1.54, 1.807) is 43.9 Å². The highest BCUT2D eigenvalue weighted by Gasteiger charge is 2.26. The Kier molecular flexibility index (Phi) is 5.36. The second-order valence-corrected chi connectivity index (χ2v) is 7.33. The lowest BCUT2D eigenvalue weighted by atomic mass is 10.1. The minimum Gasteiger partial charge on any atom is -0.482 e. The molecular weight excluding hydrogens is 308 g/mol. The molecule has 0 saturated heterocycles. The Bertz CT molecular complexity index is 620. The zero-order valence-corrected chi connectivity index (χ0v) is 15.0. The number of amides is 2. The van der Waals surface area contributed by atoms with Crippen molar-refractivity contribution in [3.8, 4) is 5.75 Å². The fourth-order valence-electron chi connectivity index (χ4n) is 2.33. The minimum atomic E-state index is -0.569. The summed E-state index contributed by atoms with van der Waals surface area (Å²) in [5.41, 5.74) is 0.678. The van der Waals surface area contributed by atoms with Crippen molar-refractivity contribution in [2.45, 2.75) is 46.6 Å². The highest BCUT2D eigenvalue weighted by molar-refractivity contribution is 5.99.